The summed E-state index contributed by atoms with van der Waals surface area (Å²) in [5.74, 6) is -0.465. The van der Waals surface area contributed by atoms with Gasteiger partial charge >= 0.3 is 0 Å². The molecule has 1 heterocycles. The summed E-state index contributed by atoms with van der Waals surface area (Å²) < 4.78 is 3.96. The highest BCUT2D eigenvalue weighted by molar-refractivity contribution is 9.10. The lowest BCUT2D eigenvalue weighted by Crippen LogP contribution is -2.56. The minimum Gasteiger partial charge on any atom is -0.459 e. The van der Waals surface area contributed by atoms with Crippen LogP contribution >= 0.6 is 63.0 Å². The van der Waals surface area contributed by atoms with Crippen molar-refractivity contribution in [2.75, 3.05) is 5.32 Å². The molecule has 1 amide bonds. The Kier molecular flexibility index (Phi) is 6.77. The number of para-hydroxylation sites is 1. The lowest BCUT2D eigenvalue weighted by Gasteiger charge is -2.27. The van der Waals surface area contributed by atoms with E-state index in [4.69, 9.17) is 51.4 Å². The minimum absolute atomic E-state index is 0.0840. The molecule has 1 aromatic carbocycles. The molecule has 0 fully saturated rings. The highest BCUT2D eigenvalue weighted by Crippen LogP contribution is 2.29. The van der Waals surface area contributed by atoms with Gasteiger partial charge in [-0.2, -0.15) is 0 Å². The van der Waals surface area contributed by atoms with Crippen molar-refractivity contribution in [2.45, 2.75) is 9.96 Å². The number of nitrogens with one attached hydrogen (secondary N) is 3. The monoisotopic (exact) mass is 469 g/mol. The third-order valence-electron chi connectivity index (χ3n) is 2.75. The molecule has 10 heteroatoms. The number of alkyl halides is 3. The van der Waals surface area contributed by atoms with Gasteiger partial charge in [0.05, 0.1) is 12.0 Å². The molecule has 0 saturated carbocycles. The van der Waals surface area contributed by atoms with E-state index < -0.39 is 15.9 Å². The second-order valence-electron chi connectivity index (χ2n) is 4.50. The first-order valence-corrected chi connectivity index (χ1v) is 8.84. The predicted octanol–water partition coefficient (Wildman–Crippen LogP) is 4.45. The minimum atomic E-state index is -1.85. The zero-order valence-electron chi connectivity index (χ0n) is 11.9. The SMILES string of the molecule is O=C(NC(NC(=S)Nc1ccccc1Br)C(Cl)(Cl)Cl)c1ccco1. The van der Waals surface area contributed by atoms with E-state index >= 15 is 0 Å². The van der Waals surface area contributed by atoms with Crippen LogP contribution in [0.3, 0.4) is 0 Å². The molecule has 2 aromatic rings. The number of hydrogen-bond donors (Lipinski definition) is 3. The predicted molar refractivity (Wildman–Crippen MR) is 104 cm³/mol. The first-order chi connectivity index (χ1) is 11.3. The van der Waals surface area contributed by atoms with E-state index in [1.165, 1.54) is 12.3 Å². The summed E-state index contributed by atoms with van der Waals surface area (Å²) in [4.78, 5) is 12.1. The molecule has 0 aliphatic heterocycles. The number of amides is 1. The van der Waals surface area contributed by atoms with E-state index in [9.17, 15) is 4.79 Å². The van der Waals surface area contributed by atoms with Gasteiger partial charge in [0.25, 0.3) is 5.91 Å². The Morgan fingerprint density at radius 2 is 1.88 bits per heavy atom. The highest BCUT2D eigenvalue weighted by Gasteiger charge is 2.35. The fourth-order valence-electron chi connectivity index (χ4n) is 1.66. The summed E-state index contributed by atoms with van der Waals surface area (Å²) >= 11 is 26.3. The van der Waals surface area contributed by atoms with Gasteiger partial charge in [0.2, 0.25) is 3.79 Å². The largest absolute Gasteiger partial charge is 0.459 e. The van der Waals surface area contributed by atoms with E-state index in [-0.39, 0.29) is 10.9 Å². The molecule has 1 atom stereocenters. The maximum Gasteiger partial charge on any atom is 0.288 e. The molecule has 24 heavy (non-hydrogen) atoms. The number of benzene rings is 1. The van der Waals surface area contributed by atoms with E-state index in [0.29, 0.717) is 0 Å². The maximum absolute atomic E-state index is 12.1. The molecular formula is C14H11BrCl3N3O2S. The first-order valence-electron chi connectivity index (χ1n) is 6.50. The zero-order valence-corrected chi connectivity index (χ0v) is 16.5. The van der Waals surface area contributed by atoms with Gasteiger partial charge < -0.3 is 20.4 Å². The van der Waals surface area contributed by atoms with Crippen LogP contribution in [0.2, 0.25) is 0 Å². The normalized spacial score (nSPS) is 12.3. The average molecular weight is 472 g/mol. The summed E-state index contributed by atoms with van der Waals surface area (Å²) in [6.07, 6.45) is 0.286. The Labute approximate surface area is 167 Å². The number of furan rings is 1. The van der Waals surface area contributed by atoms with Crippen molar-refractivity contribution in [2.24, 2.45) is 0 Å². The molecule has 0 aliphatic carbocycles. The fourth-order valence-corrected chi connectivity index (χ4v) is 2.60. The lowest BCUT2D eigenvalue weighted by molar-refractivity contribution is 0.0906. The molecule has 0 bridgehead atoms. The molecule has 1 aromatic heterocycles. The zero-order chi connectivity index (χ0) is 17.7. The van der Waals surface area contributed by atoms with E-state index in [1.54, 1.807) is 6.07 Å². The molecule has 0 radical (unpaired) electrons. The maximum atomic E-state index is 12.1. The van der Waals surface area contributed by atoms with Crippen molar-refractivity contribution in [3.63, 3.8) is 0 Å². The van der Waals surface area contributed by atoms with Crippen LogP contribution in [0, 0.1) is 0 Å². The Balaban J connectivity index is 2.05. The van der Waals surface area contributed by atoms with Crippen LogP contribution in [-0.4, -0.2) is 21.0 Å². The number of thiocarbonyl (C=S) groups is 1. The lowest BCUT2D eigenvalue weighted by atomic mass is 10.3. The summed E-state index contributed by atoms with van der Waals surface area (Å²) in [7, 11) is 0. The van der Waals surface area contributed by atoms with Gasteiger partial charge in [0, 0.05) is 4.47 Å². The smallest absolute Gasteiger partial charge is 0.288 e. The first kappa shape index (κ1) is 19.3. The van der Waals surface area contributed by atoms with Crippen LogP contribution in [0.25, 0.3) is 0 Å². The second kappa shape index (κ2) is 8.40. The molecule has 5 nitrogen and oxygen atoms in total. The van der Waals surface area contributed by atoms with Gasteiger partial charge in [-0.05, 0) is 52.4 Å². The van der Waals surface area contributed by atoms with Crippen LogP contribution in [0.5, 0.6) is 0 Å². The quantitative estimate of drug-likeness (QED) is 0.349. The third kappa shape index (κ3) is 5.53. The molecule has 128 valence electrons. The number of carbonyl (C=O) groups is 1. The summed E-state index contributed by atoms with van der Waals surface area (Å²) in [5, 5.41) is 8.38. The van der Waals surface area contributed by atoms with Gasteiger partial charge in [-0.15, -0.1) is 0 Å². The van der Waals surface area contributed by atoms with Gasteiger partial charge in [-0.1, -0.05) is 46.9 Å². The van der Waals surface area contributed by atoms with Gasteiger partial charge in [-0.25, -0.2) is 0 Å². The average Bonchev–Trinajstić information content (AvgIpc) is 3.02. The van der Waals surface area contributed by atoms with Crippen LogP contribution < -0.4 is 16.0 Å². The standard InChI is InChI=1S/C14H11BrCl3N3O2S/c15-8-4-1-2-5-9(8)19-13(24)21-12(14(16,17)18)20-11(22)10-6-3-7-23-10/h1-7,12H,(H,20,22)(H2,19,21,24). The van der Waals surface area contributed by atoms with Crippen molar-refractivity contribution >= 4 is 79.7 Å². The van der Waals surface area contributed by atoms with Crippen molar-refractivity contribution in [3.8, 4) is 0 Å². The Hall–Kier alpha value is -0.990. The van der Waals surface area contributed by atoms with E-state index in [1.807, 2.05) is 24.3 Å². The van der Waals surface area contributed by atoms with Crippen molar-refractivity contribution < 1.29 is 9.21 Å². The molecule has 0 aliphatic rings. The Morgan fingerprint density at radius 1 is 1.17 bits per heavy atom. The molecule has 2 rings (SSSR count). The number of hydrogen-bond acceptors (Lipinski definition) is 3. The highest BCUT2D eigenvalue weighted by atomic mass is 79.9. The molecule has 1 unspecified atom stereocenters. The van der Waals surface area contributed by atoms with Crippen LogP contribution in [0.4, 0.5) is 5.69 Å². The second-order valence-corrected chi connectivity index (χ2v) is 8.14. The summed E-state index contributed by atoms with van der Waals surface area (Å²) in [6, 6.07) is 10.4. The van der Waals surface area contributed by atoms with Gasteiger partial charge in [-0.3, -0.25) is 4.79 Å². The molecule has 0 saturated heterocycles. The van der Waals surface area contributed by atoms with Gasteiger partial charge in [0.15, 0.2) is 10.9 Å². The molecular weight excluding hydrogens is 461 g/mol. The fraction of sp³-hybridized carbons (Fsp3) is 0.143. The van der Waals surface area contributed by atoms with Crippen LogP contribution in [0.1, 0.15) is 10.6 Å². The number of halogens is 4. The van der Waals surface area contributed by atoms with Crippen LogP contribution in [-0.2, 0) is 0 Å². The third-order valence-corrected chi connectivity index (χ3v) is 4.31. The number of anilines is 1. The number of rotatable bonds is 4. The van der Waals surface area contributed by atoms with Crippen molar-refractivity contribution in [1.29, 1.82) is 0 Å². The van der Waals surface area contributed by atoms with E-state index in [2.05, 4.69) is 31.9 Å². The molecule has 3 N–H and O–H groups in total. The van der Waals surface area contributed by atoms with E-state index in [0.717, 1.165) is 10.2 Å². The summed E-state index contributed by atoms with van der Waals surface area (Å²) in [5.41, 5.74) is 0.718. The number of carbonyl (C=O) groups excluding carboxylic acids is 1. The summed E-state index contributed by atoms with van der Waals surface area (Å²) in [6.45, 7) is 0. The topological polar surface area (TPSA) is 66.3 Å². The van der Waals surface area contributed by atoms with Crippen molar-refractivity contribution in [1.82, 2.24) is 10.6 Å². The Bertz CT molecular complexity index is 722. The van der Waals surface area contributed by atoms with Crippen LogP contribution in [0.15, 0.2) is 51.6 Å². The Morgan fingerprint density at radius 3 is 2.46 bits per heavy atom. The van der Waals surface area contributed by atoms with Gasteiger partial charge in [0.1, 0.15) is 6.17 Å². The molecule has 0 spiro atoms. The van der Waals surface area contributed by atoms with Crippen molar-refractivity contribution in [3.05, 3.63) is 52.9 Å².